The standard InChI is InChI=1S/C19H33NO4/c1-6-23-15(21)13-14(2)18-7-10-19(11-8-18,12-9-18)20-16(22)24-17(3,4)5/h14H,6-13H2,1-5H3,(H,20,22)/t14-,18?,19?/m1/s1. The third kappa shape index (κ3) is 4.42. The van der Waals surface area contributed by atoms with Gasteiger partial charge in [0.05, 0.1) is 6.61 Å². The number of fused-ring (bicyclic) bond motifs is 3. The van der Waals surface area contributed by atoms with Crippen LogP contribution >= 0.6 is 0 Å². The van der Waals surface area contributed by atoms with Crippen molar-refractivity contribution in [1.29, 1.82) is 0 Å². The van der Waals surface area contributed by atoms with E-state index in [1.54, 1.807) is 0 Å². The van der Waals surface area contributed by atoms with Crippen LogP contribution in [0.2, 0.25) is 0 Å². The molecule has 0 unspecified atom stereocenters. The predicted molar refractivity (Wildman–Crippen MR) is 92.6 cm³/mol. The van der Waals surface area contributed by atoms with Crippen molar-refractivity contribution < 1.29 is 19.1 Å². The monoisotopic (exact) mass is 339 g/mol. The number of nitrogens with one attached hydrogen (secondary N) is 1. The lowest BCUT2D eigenvalue weighted by Gasteiger charge is -2.55. The fourth-order valence-electron chi connectivity index (χ4n) is 4.35. The Balaban J connectivity index is 1.92. The van der Waals surface area contributed by atoms with Crippen LogP contribution < -0.4 is 5.32 Å². The minimum absolute atomic E-state index is 0.0892. The first-order chi connectivity index (χ1) is 11.1. The zero-order valence-electron chi connectivity index (χ0n) is 15.9. The topological polar surface area (TPSA) is 64.6 Å². The van der Waals surface area contributed by atoms with E-state index >= 15 is 0 Å². The highest BCUT2D eigenvalue weighted by molar-refractivity contribution is 5.70. The van der Waals surface area contributed by atoms with Gasteiger partial charge in [-0.05, 0) is 77.6 Å². The lowest BCUT2D eigenvalue weighted by molar-refractivity contribution is -0.146. The summed E-state index contributed by atoms with van der Waals surface area (Å²) in [6.07, 6.45) is 6.28. The van der Waals surface area contributed by atoms with E-state index in [1.807, 2.05) is 27.7 Å². The average molecular weight is 339 g/mol. The van der Waals surface area contributed by atoms with Gasteiger partial charge < -0.3 is 14.8 Å². The van der Waals surface area contributed by atoms with Crippen molar-refractivity contribution in [2.75, 3.05) is 6.61 Å². The van der Waals surface area contributed by atoms with Gasteiger partial charge in [0.1, 0.15) is 5.60 Å². The van der Waals surface area contributed by atoms with Gasteiger partial charge in [0, 0.05) is 12.0 Å². The second-order valence-corrected chi connectivity index (χ2v) is 8.68. The van der Waals surface area contributed by atoms with E-state index in [4.69, 9.17) is 9.47 Å². The van der Waals surface area contributed by atoms with Crippen molar-refractivity contribution in [3.05, 3.63) is 0 Å². The minimum atomic E-state index is -0.470. The van der Waals surface area contributed by atoms with Crippen molar-refractivity contribution in [3.8, 4) is 0 Å². The Bertz CT molecular complexity index is 456. The van der Waals surface area contributed by atoms with Crippen LogP contribution in [0.25, 0.3) is 0 Å². The van der Waals surface area contributed by atoms with Crippen LogP contribution in [-0.2, 0) is 14.3 Å². The molecule has 1 atom stereocenters. The molecule has 24 heavy (non-hydrogen) atoms. The number of hydrogen-bond donors (Lipinski definition) is 1. The van der Waals surface area contributed by atoms with E-state index in [0.29, 0.717) is 18.9 Å². The maximum Gasteiger partial charge on any atom is 0.408 e. The zero-order valence-corrected chi connectivity index (χ0v) is 15.9. The Morgan fingerprint density at radius 3 is 2.08 bits per heavy atom. The van der Waals surface area contributed by atoms with Gasteiger partial charge in [-0.2, -0.15) is 0 Å². The van der Waals surface area contributed by atoms with Gasteiger partial charge >= 0.3 is 12.1 Å². The number of hydrogen-bond acceptors (Lipinski definition) is 4. The molecule has 2 bridgehead atoms. The number of carbonyl (C=O) groups excluding carboxylic acids is 2. The maximum atomic E-state index is 12.1. The summed E-state index contributed by atoms with van der Waals surface area (Å²) in [5.74, 6) is 0.241. The molecule has 3 saturated carbocycles. The van der Waals surface area contributed by atoms with Gasteiger partial charge in [0.25, 0.3) is 0 Å². The molecule has 0 aromatic heterocycles. The summed E-state index contributed by atoms with van der Waals surface area (Å²) in [7, 11) is 0. The number of amides is 1. The van der Waals surface area contributed by atoms with E-state index in [1.165, 1.54) is 0 Å². The lowest BCUT2D eigenvalue weighted by atomic mass is 9.53. The molecule has 3 rings (SSSR count). The van der Waals surface area contributed by atoms with Gasteiger partial charge in [-0.3, -0.25) is 4.79 Å². The molecular formula is C19H33NO4. The Kier molecular flexibility index (Phi) is 5.50. The third-order valence-electron chi connectivity index (χ3n) is 5.89. The third-order valence-corrected chi connectivity index (χ3v) is 5.89. The van der Waals surface area contributed by atoms with Crippen LogP contribution in [0.3, 0.4) is 0 Å². The van der Waals surface area contributed by atoms with Crippen molar-refractivity contribution in [2.24, 2.45) is 11.3 Å². The van der Waals surface area contributed by atoms with E-state index in [9.17, 15) is 9.59 Å². The van der Waals surface area contributed by atoms with Crippen molar-refractivity contribution >= 4 is 12.1 Å². The first-order valence-electron chi connectivity index (χ1n) is 9.27. The molecule has 0 aromatic rings. The molecule has 0 saturated heterocycles. The second-order valence-electron chi connectivity index (χ2n) is 8.68. The van der Waals surface area contributed by atoms with Crippen LogP contribution in [0.1, 0.15) is 79.6 Å². The van der Waals surface area contributed by atoms with Gasteiger partial charge in [0.2, 0.25) is 0 Å². The van der Waals surface area contributed by atoms with Crippen LogP contribution in [0.15, 0.2) is 0 Å². The van der Waals surface area contributed by atoms with Gasteiger partial charge in [0.15, 0.2) is 0 Å². The molecule has 0 spiro atoms. The zero-order chi connectivity index (χ0) is 18.0. The smallest absolute Gasteiger partial charge is 0.408 e. The average Bonchev–Trinajstić information content (AvgIpc) is 2.46. The molecule has 0 aromatic carbocycles. The van der Waals surface area contributed by atoms with Crippen LogP contribution in [0, 0.1) is 11.3 Å². The molecule has 3 aliphatic carbocycles. The van der Waals surface area contributed by atoms with E-state index in [2.05, 4.69) is 12.2 Å². The quantitative estimate of drug-likeness (QED) is 0.763. The first kappa shape index (κ1) is 19.1. The molecule has 1 N–H and O–H groups in total. The van der Waals surface area contributed by atoms with Crippen LogP contribution in [0.4, 0.5) is 4.79 Å². The number of carbonyl (C=O) groups is 2. The van der Waals surface area contributed by atoms with Crippen LogP contribution in [0.5, 0.6) is 0 Å². The van der Waals surface area contributed by atoms with Gasteiger partial charge in [-0.1, -0.05) is 6.92 Å². The predicted octanol–water partition coefficient (Wildman–Crippen LogP) is 4.19. The van der Waals surface area contributed by atoms with Gasteiger partial charge in [-0.15, -0.1) is 0 Å². The van der Waals surface area contributed by atoms with Crippen molar-refractivity contribution in [1.82, 2.24) is 5.32 Å². The molecular weight excluding hydrogens is 306 g/mol. The summed E-state index contributed by atoms with van der Waals surface area (Å²) < 4.78 is 10.5. The highest BCUT2D eigenvalue weighted by atomic mass is 16.6. The molecule has 1 amide bonds. The highest BCUT2D eigenvalue weighted by Crippen LogP contribution is 2.56. The Morgan fingerprint density at radius 1 is 1.08 bits per heavy atom. The van der Waals surface area contributed by atoms with Crippen molar-refractivity contribution in [2.45, 2.75) is 90.7 Å². The van der Waals surface area contributed by atoms with E-state index in [0.717, 1.165) is 38.5 Å². The summed E-state index contributed by atoms with van der Waals surface area (Å²) in [4.78, 5) is 24.0. The SMILES string of the molecule is CCOC(=O)C[C@@H](C)C12CCC(NC(=O)OC(C)(C)C)(CC1)CC2. The largest absolute Gasteiger partial charge is 0.466 e. The molecule has 3 aliphatic rings. The Hall–Kier alpha value is -1.26. The number of esters is 1. The minimum Gasteiger partial charge on any atom is -0.466 e. The summed E-state index contributed by atoms with van der Waals surface area (Å²) in [5.41, 5.74) is -0.361. The molecule has 0 heterocycles. The molecule has 3 fully saturated rings. The molecule has 5 nitrogen and oxygen atoms in total. The van der Waals surface area contributed by atoms with Crippen molar-refractivity contribution in [3.63, 3.8) is 0 Å². The van der Waals surface area contributed by atoms with E-state index < -0.39 is 5.60 Å². The second kappa shape index (κ2) is 6.93. The first-order valence-corrected chi connectivity index (χ1v) is 9.27. The fraction of sp³-hybridized carbons (Fsp3) is 0.895. The number of rotatable bonds is 5. The van der Waals surface area contributed by atoms with Gasteiger partial charge in [-0.25, -0.2) is 4.79 Å². The van der Waals surface area contributed by atoms with E-state index in [-0.39, 0.29) is 23.0 Å². The lowest BCUT2D eigenvalue weighted by Crippen LogP contribution is -2.58. The number of ether oxygens (including phenoxy) is 2. The van der Waals surface area contributed by atoms with Crippen LogP contribution in [-0.4, -0.2) is 29.8 Å². The molecule has 138 valence electrons. The molecule has 0 aliphatic heterocycles. The fourth-order valence-corrected chi connectivity index (χ4v) is 4.35. The summed E-state index contributed by atoms with van der Waals surface area (Å²) in [5, 5.41) is 3.14. The maximum absolute atomic E-state index is 12.1. The summed E-state index contributed by atoms with van der Waals surface area (Å²) in [6.45, 7) is 10.1. The molecule has 5 heteroatoms. The Morgan fingerprint density at radius 2 is 1.62 bits per heavy atom. The summed E-state index contributed by atoms with van der Waals surface area (Å²) >= 11 is 0. The summed E-state index contributed by atoms with van der Waals surface area (Å²) in [6, 6.07) is 0. The normalized spacial score (nSPS) is 30.5. The highest BCUT2D eigenvalue weighted by Gasteiger charge is 2.51. The Labute approximate surface area is 145 Å². The number of alkyl carbamates (subject to hydrolysis) is 1. The molecule has 0 radical (unpaired) electrons.